The molecule has 0 atom stereocenters. The lowest BCUT2D eigenvalue weighted by Gasteiger charge is -2.28. The molecular weight excluding hydrogens is 162 g/mol. The Bertz CT molecular complexity index is 160. The van der Waals surface area contributed by atoms with Crippen LogP contribution >= 0.6 is 0 Å². The second-order valence-electron chi connectivity index (χ2n) is 3.66. The van der Waals surface area contributed by atoms with Crippen LogP contribution in [0.5, 0.6) is 0 Å². The first kappa shape index (κ1) is 12.3. The van der Waals surface area contributed by atoms with E-state index in [9.17, 15) is 0 Å². The normalized spacial score (nSPS) is 13.1. The molecule has 0 saturated heterocycles. The molecule has 0 radical (unpaired) electrons. The van der Waals surface area contributed by atoms with Crippen molar-refractivity contribution in [3.05, 3.63) is 0 Å². The van der Waals surface area contributed by atoms with Gasteiger partial charge in [-0.05, 0) is 26.2 Å². The van der Waals surface area contributed by atoms with Crippen LogP contribution < -0.4 is 11.1 Å². The first-order valence-electron chi connectivity index (χ1n) is 5.16. The molecule has 0 spiro atoms. The second-order valence-corrected chi connectivity index (χ2v) is 3.66. The van der Waals surface area contributed by atoms with E-state index in [-0.39, 0.29) is 5.54 Å². The summed E-state index contributed by atoms with van der Waals surface area (Å²) >= 11 is 0. The molecule has 0 aliphatic rings. The Balaban J connectivity index is 4.08. The summed E-state index contributed by atoms with van der Waals surface area (Å²) in [5.41, 5.74) is 5.83. The number of hydrogen-bond acceptors (Lipinski definition) is 1. The van der Waals surface area contributed by atoms with E-state index in [1.165, 1.54) is 0 Å². The van der Waals surface area contributed by atoms with Gasteiger partial charge in [0, 0.05) is 12.1 Å². The fraction of sp³-hybridized carbons (Fsp3) is 0.900. The summed E-state index contributed by atoms with van der Waals surface area (Å²) in [5.74, 6) is 0.577. The van der Waals surface area contributed by atoms with Crippen LogP contribution in [0.4, 0.5) is 0 Å². The van der Waals surface area contributed by atoms with Gasteiger partial charge in [0.25, 0.3) is 0 Å². The van der Waals surface area contributed by atoms with Crippen molar-refractivity contribution in [2.45, 2.75) is 52.5 Å². The summed E-state index contributed by atoms with van der Waals surface area (Å²) in [4.78, 5) is 4.21. The molecule has 0 bridgehead atoms. The van der Waals surface area contributed by atoms with E-state index in [1.807, 2.05) is 0 Å². The smallest absolute Gasteiger partial charge is 0.189 e. The van der Waals surface area contributed by atoms with Gasteiger partial charge < -0.3 is 11.1 Å². The maximum atomic E-state index is 5.74. The van der Waals surface area contributed by atoms with E-state index in [0.717, 1.165) is 25.8 Å². The summed E-state index contributed by atoms with van der Waals surface area (Å²) in [6.07, 6.45) is 3.16. The molecule has 0 aliphatic heterocycles. The lowest BCUT2D eigenvalue weighted by Crippen LogP contribution is -2.48. The standard InChI is InChI=1S/C10H23N3/c1-5-8-12-9(11)13-10(4,6-2)7-3/h5-8H2,1-4H3,(H3,11,12,13). The minimum atomic E-state index is 0.0985. The third-order valence-corrected chi connectivity index (χ3v) is 2.50. The van der Waals surface area contributed by atoms with Crippen LogP contribution in [0.25, 0.3) is 0 Å². The molecule has 0 aromatic heterocycles. The van der Waals surface area contributed by atoms with Gasteiger partial charge in [0.05, 0.1) is 0 Å². The van der Waals surface area contributed by atoms with Crippen LogP contribution in [-0.2, 0) is 0 Å². The van der Waals surface area contributed by atoms with Crippen LogP contribution in [0.2, 0.25) is 0 Å². The molecule has 3 heteroatoms. The summed E-state index contributed by atoms with van der Waals surface area (Å²) in [5, 5.41) is 3.26. The van der Waals surface area contributed by atoms with E-state index >= 15 is 0 Å². The molecule has 0 heterocycles. The van der Waals surface area contributed by atoms with Gasteiger partial charge in [-0.3, -0.25) is 4.99 Å². The zero-order valence-electron chi connectivity index (χ0n) is 9.35. The number of hydrogen-bond donors (Lipinski definition) is 2. The monoisotopic (exact) mass is 185 g/mol. The summed E-state index contributed by atoms with van der Waals surface area (Å²) < 4.78 is 0. The minimum Gasteiger partial charge on any atom is -0.370 e. The van der Waals surface area contributed by atoms with Gasteiger partial charge in [-0.2, -0.15) is 0 Å². The first-order chi connectivity index (χ1) is 6.08. The quantitative estimate of drug-likeness (QED) is 0.507. The third-order valence-electron chi connectivity index (χ3n) is 2.50. The van der Waals surface area contributed by atoms with Crippen LogP contribution in [0.3, 0.4) is 0 Å². The number of nitrogens with two attached hydrogens (primary N) is 1. The predicted molar refractivity (Wildman–Crippen MR) is 58.9 cm³/mol. The number of nitrogens with zero attached hydrogens (tertiary/aromatic N) is 1. The van der Waals surface area contributed by atoms with Crippen molar-refractivity contribution >= 4 is 5.96 Å². The molecule has 78 valence electrons. The van der Waals surface area contributed by atoms with Crippen LogP contribution in [0.1, 0.15) is 47.0 Å². The average Bonchev–Trinajstić information content (AvgIpc) is 2.14. The minimum absolute atomic E-state index is 0.0985. The highest BCUT2D eigenvalue weighted by Gasteiger charge is 2.19. The molecule has 13 heavy (non-hydrogen) atoms. The average molecular weight is 185 g/mol. The molecule has 0 aliphatic carbocycles. The molecule has 0 saturated carbocycles. The van der Waals surface area contributed by atoms with Crippen LogP contribution in [-0.4, -0.2) is 18.0 Å². The fourth-order valence-corrected chi connectivity index (χ4v) is 1.01. The Kier molecular flexibility index (Phi) is 5.51. The largest absolute Gasteiger partial charge is 0.370 e. The molecule has 0 rings (SSSR count). The van der Waals surface area contributed by atoms with Crippen molar-refractivity contribution in [3.8, 4) is 0 Å². The number of nitrogens with one attached hydrogen (secondary N) is 1. The molecule has 0 aromatic carbocycles. The maximum absolute atomic E-state index is 5.74. The first-order valence-corrected chi connectivity index (χ1v) is 5.16. The van der Waals surface area contributed by atoms with Crippen LogP contribution in [0.15, 0.2) is 4.99 Å². The van der Waals surface area contributed by atoms with Crippen molar-refractivity contribution in [2.75, 3.05) is 6.54 Å². The van der Waals surface area contributed by atoms with Crippen LogP contribution in [0, 0.1) is 0 Å². The van der Waals surface area contributed by atoms with Crippen molar-refractivity contribution in [1.29, 1.82) is 0 Å². The highest BCUT2D eigenvalue weighted by Crippen LogP contribution is 2.12. The third kappa shape index (κ3) is 4.76. The summed E-state index contributed by atoms with van der Waals surface area (Å²) in [6, 6.07) is 0. The van der Waals surface area contributed by atoms with E-state index in [4.69, 9.17) is 5.73 Å². The fourth-order valence-electron chi connectivity index (χ4n) is 1.01. The topological polar surface area (TPSA) is 50.4 Å². The molecule has 0 amide bonds. The number of rotatable bonds is 5. The Labute approximate surface area is 81.8 Å². The molecule has 3 N–H and O–H groups in total. The van der Waals surface area contributed by atoms with E-state index in [2.05, 4.69) is 38.0 Å². The van der Waals surface area contributed by atoms with Gasteiger partial charge in [-0.15, -0.1) is 0 Å². The molecule has 0 unspecified atom stereocenters. The van der Waals surface area contributed by atoms with Crippen molar-refractivity contribution in [1.82, 2.24) is 5.32 Å². The lowest BCUT2D eigenvalue weighted by atomic mass is 9.96. The van der Waals surface area contributed by atoms with E-state index in [0.29, 0.717) is 5.96 Å². The van der Waals surface area contributed by atoms with Gasteiger partial charge >= 0.3 is 0 Å². The SMILES string of the molecule is CCCN=C(N)NC(C)(CC)CC. The van der Waals surface area contributed by atoms with Crippen molar-refractivity contribution < 1.29 is 0 Å². The maximum Gasteiger partial charge on any atom is 0.189 e. The number of aliphatic imine (C=N–C) groups is 1. The van der Waals surface area contributed by atoms with Crippen molar-refractivity contribution in [3.63, 3.8) is 0 Å². The number of guanidine groups is 1. The van der Waals surface area contributed by atoms with Gasteiger partial charge in [-0.25, -0.2) is 0 Å². The second kappa shape index (κ2) is 5.84. The summed E-state index contributed by atoms with van der Waals surface area (Å²) in [7, 11) is 0. The summed E-state index contributed by atoms with van der Waals surface area (Å²) in [6.45, 7) is 9.38. The lowest BCUT2D eigenvalue weighted by molar-refractivity contribution is 0.387. The Morgan fingerprint density at radius 1 is 1.31 bits per heavy atom. The van der Waals surface area contributed by atoms with Crippen molar-refractivity contribution in [2.24, 2.45) is 10.7 Å². The Morgan fingerprint density at radius 3 is 2.23 bits per heavy atom. The van der Waals surface area contributed by atoms with E-state index < -0.39 is 0 Å². The zero-order valence-corrected chi connectivity index (χ0v) is 9.35. The highest BCUT2D eigenvalue weighted by molar-refractivity contribution is 5.78. The van der Waals surface area contributed by atoms with Gasteiger partial charge in [0.2, 0.25) is 0 Å². The molecule has 0 fully saturated rings. The van der Waals surface area contributed by atoms with Gasteiger partial charge in [-0.1, -0.05) is 20.8 Å². The zero-order chi connectivity index (χ0) is 10.3. The highest BCUT2D eigenvalue weighted by atomic mass is 15.1. The molecular formula is C10H23N3. The Hall–Kier alpha value is -0.730. The molecule has 3 nitrogen and oxygen atoms in total. The molecule has 0 aromatic rings. The van der Waals surface area contributed by atoms with Gasteiger partial charge in [0.15, 0.2) is 5.96 Å². The van der Waals surface area contributed by atoms with Gasteiger partial charge in [0.1, 0.15) is 0 Å². The van der Waals surface area contributed by atoms with E-state index in [1.54, 1.807) is 0 Å². The predicted octanol–water partition coefficient (Wildman–Crippen LogP) is 1.88. The Morgan fingerprint density at radius 2 is 1.85 bits per heavy atom.